The van der Waals surface area contributed by atoms with Crippen molar-refractivity contribution >= 4 is 66.1 Å². The Morgan fingerprint density at radius 2 is 0.923 bits per heavy atom. The normalized spacial score (nSPS) is 12.1. The Hall–Kier alpha value is -5.44. The number of fused-ring (bicyclic) bond motifs is 3. The van der Waals surface area contributed by atoms with Gasteiger partial charge in [-0.25, -0.2) is 20.0 Å². The number of rotatable bonds is 10. The van der Waals surface area contributed by atoms with Gasteiger partial charge in [0, 0.05) is 32.3 Å². The molecule has 0 saturated heterocycles. The number of hydrogen-bond acceptors (Lipinski definition) is 8. The van der Waals surface area contributed by atoms with Crippen molar-refractivity contribution in [2.45, 2.75) is 132 Å². The Morgan fingerprint density at radius 3 is 1.21 bits per heavy atom. The van der Waals surface area contributed by atoms with Gasteiger partial charge >= 0.3 is 0 Å². The zero-order valence-corrected chi connectivity index (χ0v) is 33.1. The fourth-order valence-corrected chi connectivity index (χ4v) is 6.71. The van der Waals surface area contributed by atoms with Gasteiger partial charge in [0.15, 0.2) is 11.4 Å². The topological polar surface area (TPSA) is 146 Å². The summed E-state index contributed by atoms with van der Waals surface area (Å²) in [6, 6.07) is 17.1. The van der Waals surface area contributed by atoms with E-state index in [1.54, 1.807) is 13.8 Å². The molecule has 0 bridgehead atoms. The molecule has 0 fully saturated rings. The van der Waals surface area contributed by atoms with Gasteiger partial charge in [0.2, 0.25) is 0 Å². The van der Waals surface area contributed by atoms with Crippen LogP contribution in [0.15, 0.2) is 34.3 Å². The molecule has 0 aliphatic carbocycles. The van der Waals surface area contributed by atoms with Crippen molar-refractivity contribution < 1.29 is 0 Å². The second kappa shape index (κ2) is 17.2. The molecule has 8 heteroatoms. The molecule has 5 aromatic rings. The van der Waals surface area contributed by atoms with Crippen LogP contribution in [0.1, 0.15) is 144 Å². The van der Waals surface area contributed by atoms with Crippen LogP contribution in [0.4, 0.5) is 11.4 Å². The molecule has 4 aromatic carbocycles. The zero-order chi connectivity index (χ0) is 39.0. The zero-order valence-electron chi connectivity index (χ0n) is 33.1. The quantitative estimate of drug-likeness (QED) is 0.0808. The minimum atomic E-state index is -0.238. The van der Waals surface area contributed by atoms with E-state index in [0.29, 0.717) is 22.4 Å². The van der Waals surface area contributed by atoms with Crippen molar-refractivity contribution in [2.24, 2.45) is 9.98 Å². The van der Waals surface area contributed by atoms with Crippen molar-refractivity contribution in [1.29, 1.82) is 21.0 Å². The first-order valence-corrected chi connectivity index (χ1v) is 18.6. The SMILES string of the molecule is CC.CC.CCCCC(C)(C)c1cc2c(N=C(C)C#N)c(N=C(C)C#N)c3cc(C(C)(C)CCCC)cc4c5nc(C#N)c(C#N)nc5c(c1)c2c34. The predicted molar refractivity (Wildman–Crippen MR) is 217 cm³/mol. The van der Waals surface area contributed by atoms with Crippen molar-refractivity contribution in [3.63, 3.8) is 0 Å². The highest BCUT2D eigenvalue weighted by atomic mass is 14.9. The van der Waals surface area contributed by atoms with Gasteiger partial charge in [0.25, 0.3) is 0 Å². The summed E-state index contributed by atoms with van der Waals surface area (Å²) in [4.78, 5) is 19.4. The molecule has 0 aliphatic heterocycles. The third-order valence-electron chi connectivity index (χ3n) is 9.64. The van der Waals surface area contributed by atoms with Gasteiger partial charge in [-0.3, -0.25) is 0 Å². The lowest BCUT2D eigenvalue weighted by molar-refractivity contribution is 0.458. The third-order valence-corrected chi connectivity index (χ3v) is 9.64. The molecule has 5 rings (SSSR count). The van der Waals surface area contributed by atoms with Gasteiger partial charge in [0.1, 0.15) is 35.7 Å². The highest BCUT2D eigenvalue weighted by Crippen LogP contribution is 2.52. The summed E-state index contributed by atoms with van der Waals surface area (Å²) in [6.07, 6.45) is 6.05. The Morgan fingerprint density at radius 1 is 0.596 bits per heavy atom. The minimum absolute atomic E-state index is 0.0244. The summed E-state index contributed by atoms with van der Waals surface area (Å²) in [5.41, 5.74) is 4.21. The smallest absolute Gasteiger partial charge is 0.177 e. The van der Waals surface area contributed by atoms with Crippen LogP contribution >= 0.6 is 0 Å². The monoisotopic (exact) mass is 692 g/mol. The Bertz CT molecular complexity index is 2170. The number of nitriles is 4. The van der Waals surface area contributed by atoms with Crippen LogP contribution in [0.25, 0.3) is 43.4 Å². The maximum absolute atomic E-state index is 10.0. The number of benzene rings is 4. The van der Waals surface area contributed by atoms with E-state index in [4.69, 9.17) is 20.0 Å². The molecule has 52 heavy (non-hydrogen) atoms. The summed E-state index contributed by atoms with van der Waals surface area (Å²) in [7, 11) is 0. The first-order chi connectivity index (χ1) is 24.8. The van der Waals surface area contributed by atoms with Crippen LogP contribution in [0.2, 0.25) is 0 Å². The molecule has 0 N–H and O–H groups in total. The first-order valence-electron chi connectivity index (χ1n) is 18.6. The lowest BCUT2D eigenvalue weighted by Crippen LogP contribution is -2.17. The second-order valence-electron chi connectivity index (χ2n) is 14.0. The molecule has 0 atom stereocenters. The molecule has 8 nitrogen and oxygen atoms in total. The molecule has 0 aliphatic rings. The van der Waals surface area contributed by atoms with E-state index in [2.05, 4.69) is 90.1 Å². The van der Waals surface area contributed by atoms with Gasteiger partial charge in [-0.15, -0.1) is 0 Å². The molecule has 268 valence electrons. The first kappa shape index (κ1) is 41.0. The van der Waals surface area contributed by atoms with E-state index in [1.807, 2.05) is 27.7 Å². The maximum atomic E-state index is 10.0. The summed E-state index contributed by atoms with van der Waals surface area (Å²) >= 11 is 0. The van der Waals surface area contributed by atoms with E-state index in [-0.39, 0.29) is 33.6 Å². The molecule has 0 spiro atoms. The van der Waals surface area contributed by atoms with E-state index in [9.17, 15) is 21.0 Å². The Kier molecular flexibility index (Phi) is 13.5. The molecule has 0 radical (unpaired) electrons. The van der Waals surface area contributed by atoms with E-state index in [0.717, 1.165) is 82.0 Å². The summed E-state index contributed by atoms with van der Waals surface area (Å²) < 4.78 is 0. The Balaban J connectivity index is 0.00000176. The molecule has 0 saturated carbocycles. The summed E-state index contributed by atoms with van der Waals surface area (Å²) in [6.45, 7) is 24.5. The van der Waals surface area contributed by atoms with Crippen LogP contribution in [-0.2, 0) is 10.8 Å². The Labute approximate surface area is 309 Å². The molecular weight excluding hydrogens is 641 g/mol. The standard InChI is InChI=1S/C40H40N8.2C2H6/c1-9-11-13-39(5,6)25-15-27-33-29(17-25)37-38(48-32(22-44)31(21-43)47-37)30-18-26(40(7,8)14-12-10-2)16-28(34(30)33)36(46-24(4)20-42)35(27)45-23(3)19-41;2*1-2/h15-18H,9-14H2,1-8H3;2*1-2H3. The number of hydrogen-bond donors (Lipinski definition) is 0. The third kappa shape index (κ3) is 7.73. The largest absolute Gasteiger partial charge is 0.240 e. The molecule has 1 heterocycles. The van der Waals surface area contributed by atoms with Gasteiger partial charge < -0.3 is 0 Å². The van der Waals surface area contributed by atoms with Crippen molar-refractivity contribution in [3.05, 3.63) is 46.8 Å². The highest BCUT2D eigenvalue weighted by molar-refractivity contribution is 6.37. The number of nitrogens with zero attached hydrogens (tertiary/aromatic N) is 8. The van der Waals surface area contributed by atoms with E-state index >= 15 is 0 Å². The average molecular weight is 693 g/mol. The van der Waals surface area contributed by atoms with Crippen molar-refractivity contribution in [3.8, 4) is 24.3 Å². The number of aromatic nitrogens is 2. The fraction of sp³-hybridized carbons (Fsp3) is 0.455. The summed E-state index contributed by atoms with van der Waals surface area (Å²) in [5, 5.41) is 44.8. The van der Waals surface area contributed by atoms with Crippen LogP contribution in [0, 0.1) is 45.3 Å². The fourth-order valence-electron chi connectivity index (χ4n) is 6.71. The minimum Gasteiger partial charge on any atom is -0.240 e. The molecular formula is C44H52N8. The highest BCUT2D eigenvalue weighted by Gasteiger charge is 2.30. The average Bonchev–Trinajstić information content (AvgIpc) is 3.17. The number of aliphatic imine (C=N–C) groups is 2. The van der Waals surface area contributed by atoms with Crippen molar-refractivity contribution in [2.75, 3.05) is 0 Å². The van der Waals surface area contributed by atoms with Crippen LogP contribution in [0.5, 0.6) is 0 Å². The maximum Gasteiger partial charge on any atom is 0.177 e. The molecule has 0 amide bonds. The summed E-state index contributed by atoms with van der Waals surface area (Å²) in [5.74, 6) is 0. The van der Waals surface area contributed by atoms with Crippen LogP contribution in [-0.4, -0.2) is 21.4 Å². The lowest BCUT2D eigenvalue weighted by Gasteiger charge is -2.29. The predicted octanol–water partition coefficient (Wildman–Crippen LogP) is 12.5. The second-order valence-corrected chi connectivity index (χ2v) is 14.0. The van der Waals surface area contributed by atoms with Gasteiger partial charge in [0.05, 0.1) is 22.4 Å². The molecule has 1 aromatic heterocycles. The lowest BCUT2D eigenvalue weighted by atomic mass is 9.76. The van der Waals surface area contributed by atoms with E-state index in [1.165, 1.54) is 0 Å². The van der Waals surface area contributed by atoms with Gasteiger partial charge in [-0.1, -0.05) is 94.9 Å². The van der Waals surface area contributed by atoms with Gasteiger partial charge in [-0.2, -0.15) is 21.0 Å². The number of unbranched alkanes of at least 4 members (excludes halogenated alkanes) is 2. The van der Waals surface area contributed by atoms with Gasteiger partial charge in [-0.05, 0) is 72.9 Å². The van der Waals surface area contributed by atoms with Crippen LogP contribution in [0.3, 0.4) is 0 Å². The van der Waals surface area contributed by atoms with Crippen molar-refractivity contribution in [1.82, 2.24) is 9.97 Å². The van der Waals surface area contributed by atoms with Crippen LogP contribution < -0.4 is 0 Å². The molecule has 0 unspecified atom stereocenters. The van der Waals surface area contributed by atoms with E-state index < -0.39 is 0 Å².